The molecule has 2 bridgehead atoms. The molecule has 2 N–H and O–H groups in total. The number of aryl methyl sites for hydroxylation is 1. The molecule has 0 aromatic carbocycles. The van der Waals surface area contributed by atoms with E-state index < -0.39 is 5.82 Å². The normalized spacial score (nSPS) is 19.6. The molecule has 2 fully saturated rings. The molecule has 2 unspecified atom stereocenters. The van der Waals surface area contributed by atoms with Gasteiger partial charge in [-0.3, -0.25) is 9.59 Å². The van der Waals surface area contributed by atoms with E-state index in [-0.39, 0.29) is 17.3 Å². The summed E-state index contributed by atoms with van der Waals surface area (Å²) >= 11 is 1.52. The molecule has 9 nitrogen and oxygen atoms in total. The standard InChI is InChI=1S/C31H32FN7O2S/c1-37-9-11-39(12-10-37)21-5-8-27(33-16-21)34-25-14-20(17-38(2)31(25)41)24-7-6-23(32)29(35-24)36-30(40)26-15-22-18-3-4-19(13-18)28(22)42-26/h5-8,14-19H,3-4,9-13H2,1-2H3,(H,33,34)(H,35,36,40). The number of anilines is 4. The average molecular weight is 586 g/mol. The number of aromatic nitrogens is 3. The van der Waals surface area contributed by atoms with E-state index in [1.807, 2.05) is 24.4 Å². The van der Waals surface area contributed by atoms with Gasteiger partial charge in [-0.1, -0.05) is 0 Å². The maximum Gasteiger partial charge on any atom is 0.274 e. The fourth-order valence-corrected chi connectivity index (χ4v) is 7.61. The number of nitrogens with zero attached hydrogens (tertiary/aromatic N) is 5. The summed E-state index contributed by atoms with van der Waals surface area (Å²) in [4.78, 5) is 41.5. The van der Waals surface area contributed by atoms with E-state index in [9.17, 15) is 14.0 Å². The van der Waals surface area contributed by atoms with Gasteiger partial charge in [0.15, 0.2) is 11.6 Å². The zero-order chi connectivity index (χ0) is 29.0. The Labute approximate surface area is 247 Å². The number of piperazine rings is 1. The van der Waals surface area contributed by atoms with Gasteiger partial charge in [-0.15, -0.1) is 11.3 Å². The van der Waals surface area contributed by atoms with Crippen molar-refractivity contribution in [3.63, 3.8) is 0 Å². The number of likely N-dealkylation sites (N-methyl/N-ethyl adjacent to an activating group) is 1. The molecule has 1 aliphatic heterocycles. The summed E-state index contributed by atoms with van der Waals surface area (Å²) in [5.41, 5.74) is 3.43. The molecule has 2 atom stereocenters. The van der Waals surface area contributed by atoms with E-state index in [4.69, 9.17) is 0 Å². The number of hydrogen-bond acceptors (Lipinski definition) is 8. The summed E-state index contributed by atoms with van der Waals surface area (Å²) < 4.78 is 16.2. The molecule has 0 radical (unpaired) electrons. The average Bonchev–Trinajstić information content (AvgIpc) is 3.72. The van der Waals surface area contributed by atoms with Gasteiger partial charge in [0, 0.05) is 49.9 Å². The van der Waals surface area contributed by atoms with E-state index in [2.05, 4.69) is 37.4 Å². The minimum Gasteiger partial charge on any atom is -0.368 e. The highest BCUT2D eigenvalue weighted by atomic mass is 32.1. The SMILES string of the molecule is CN1CCN(c2ccc(Nc3cc(-c4ccc(F)c(NC(=O)c5cc6c(s5)C5CCC6C5)n4)cn(C)c3=O)nc2)CC1. The molecule has 5 heterocycles. The van der Waals surface area contributed by atoms with Crippen LogP contribution < -0.4 is 21.1 Å². The Hall–Kier alpha value is -4.09. The van der Waals surface area contributed by atoms with Crippen LogP contribution in [0.15, 0.2) is 53.6 Å². The highest BCUT2D eigenvalue weighted by Crippen LogP contribution is 2.55. The number of carbonyl (C=O) groups is 1. The lowest BCUT2D eigenvalue weighted by molar-refractivity contribution is 0.102. The number of carbonyl (C=O) groups excluding carboxylic acids is 1. The molecule has 3 aliphatic rings. The van der Waals surface area contributed by atoms with Gasteiger partial charge in [0.2, 0.25) is 0 Å². The van der Waals surface area contributed by atoms with Crippen LogP contribution in [0.1, 0.15) is 51.2 Å². The molecule has 2 aliphatic carbocycles. The summed E-state index contributed by atoms with van der Waals surface area (Å²) in [5, 5.41) is 5.80. The van der Waals surface area contributed by atoms with Crippen molar-refractivity contribution in [3.8, 4) is 11.3 Å². The summed E-state index contributed by atoms with van der Waals surface area (Å²) in [6, 6.07) is 10.3. The second-order valence-electron chi connectivity index (χ2n) is 11.5. The van der Waals surface area contributed by atoms with E-state index in [1.165, 1.54) is 57.7 Å². The molecule has 4 aromatic heterocycles. The smallest absolute Gasteiger partial charge is 0.274 e. The molecule has 42 heavy (non-hydrogen) atoms. The van der Waals surface area contributed by atoms with E-state index >= 15 is 0 Å². The minimum absolute atomic E-state index is 0.140. The fraction of sp³-hybridized carbons (Fsp3) is 0.355. The number of halogens is 1. The predicted molar refractivity (Wildman–Crippen MR) is 164 cm³/mol. The van der Waals surface area contributed by atoms with Crippen LogP contribution in [0.5, 0.6) is 0 Å². The van der Waals surface area contributed by atoms with Crippen LogP contribution in [0.25, 0.3) is 11.3 Å². The lowest BCUT2D eigenvalue weighted by Gasteiger charge is -2.33. The number of rotatable bonds is 6. The van der Waals surface area contributed by atoms with Gasteiger partial charge in [0.05, 0.1) is 22.5 Å². The van der Waals surface area contributed by atoms with E-state index in [0.29, 0.717) is 39.5 Å². The molecule has 216 valence electrons. The minimum atomic E-state index is -0.621. The lowest BCUT2D eigenvalue weighted by Crippen LogP contribution is -2.44. The van der Waals surface area contributed by atoms with Crippen LogP contribution >= 0.6 is 11.3 Å². The molecule has 1 saturated carbocycles. The van der Waals surface area contributed by atoms with Gasteiger partial charge in [0.25, 0.3) is 11.5 Å². The number of fused-ring (bicyclic) bond motifs is 5. The molecule has 7 rings (SSSR count). The summed E-state index contributed by atoms with van der Waals surface area (Å²) in [6.07, 6.45) is 7.01. The summed E-state index contributed by atoms with van der Waals surface area (Å²) in [6.45, 7) is 3.89. The van der Waals surface area contributed by atoms with Gasteiger partial charge in [0.1, 0.15) is 11.5 Å². The van der Waals surface area contributed by atoms with Gasteiger partial charge in [-0.2, -0.15) is 0 Å². The van der Waals surface area contributed by atoms with Gasteiger partial charge >= 0.3 is 0 Å². The number of thiophene rings is 1. The van der Waals surface area contributed by atoms with Crippen LogP contribution in [0.4, 0.5) is 27.4 Å². The Bertz CT molecular complexity index is 1700. The molecular weight excluding hydrogens is 553 g/mol. The second-order valence-corrected chi connectivity index (χ2v) is 12.6. The Morgan fingerprint density at radius 2 is 1.86 bits per heavy atom. The quantitative estimate of drug-likeness (QED) is 0.323. The number of nitrogens with one attached hydrogen (secondary N) is 2. The first kappa shape index (κ1) is 26.8. The third-order valence-electron chi connectivity index (χ3n) is 8.69. The topological polar surface area (TPSA) is 95.4 Å². The largest absolute Gasteiger partial charge is 0.368 e. The van der Waals surface area contributed by atoms with Gasteiger partial charge < -0.3 is 25.0 Å². The first-order valence-corrected chi connectivity index (χ1v) is 15.1. The number of hydrogen-bond donors (Lipinski definition) is 2. The van der Waals surface area contributed by atoms with Gasteiger partial charge in [-0.05, 0) is 80.1 Å². The van der Waals surface area contributed by atoms with E-state index in [1.54, 1.807) is 19.3 Å². The summed E-state index contributed by atoms with van der Waals surface area (Å²) in [5.74, 6) is 0.540. The maximum atomic E-state index is 14.8. The van der Waals surface area contributed by atoms with Crippen molar-refractivity contribution in [2.24, 2.45) is 7.05 Å². The third-order valence-corrected chi connectivity index (χ3v) is 10.0. The van der Waals surface area contributed by atoms with Crippen LogP contribution in [-0.4, -0.2) is 58.6 Å². The van der Waals surface area contributed by atoms with Crippen LogP contribution in [-0.2, 0) is 7.05 Å². The number of amides is 1. The van der Waals surface area contributed by atoms with Crippen molar-refractivity contribution < 1.29 is 9.18 Å². The first-order valence-electron chi connectivity index (χ1n) is 14.3. The van der Waals surface area contributed by atoms with Crippen molar-refractivity contribution in [1.29, 1.82) is 0 Å². The molecule has 1 amide bonds. The Kier molecular flexibility index (Phi) is 6.78. The monoisotopic (exact) mass is 585 g/mol. The zero-order valence-corrected chi connectivity index (χ0v) is 24.4. The van der Waals surface area contributed by atoms with Crippen LogP contribution in [0, 0.1) is 5.82 Å². The van der Waals surface area contributed by atoms with Crippen LogP contribution in [0.2, 0.25) is 0 Å². The predicted octanol–water partition coefficient (Wildman–Crippen LogP) is 5.16. The highest BCUT2D eigenvalue weighted by Gasteiger charge is 2.39. The molecule has 0 spiro atoms. The number of pyridine rings is 3. The molecular formula is C31H32FN7O2S. The maximum absolute atomic E-state index is 14.8. The molecule has 1 saturated heterocycles. The summed E-state index contributed by atoms with van der Waals surface area (Å²) in [7, 11) is 3.77. The third kappa shape index (κ3) is 4.96. The lowest BCUT2D eigenvalue weighted by atomic mass is 9.99. The van der Waals surface area contributed by atoms with Crippen molar-refractivity contribution in [2.45, 2.75) is 31.1 Å². The zero-order valence-electron chi connectivity index (χ0n) is 23.6. The molecule has 4 aromatic rings. The fourth-order valence-electron chi connectivity index (χ4n) is 6.32. The van der Waals surface area contributed by atoms with Crippen molar-refractivity contribution in [2.75, 3.05) is 48.8 Å². The second kappa shape index (κ2) is 10.6. The van der Waals surface area contributed by atoms with Crippen molar-refractivity contribution in [1.82, 2.24) is 19.4 Å². The van der Waals surface area contributed by atoms with Gasteiger partial charge in [-0.25, -0.2) is 14.4 Å². The molecule has 11 heteroatoms. The van der Waals surface area contributed by atoms with Crippen LogP contribution in [0.3, 0.4) is 0 Å². The first-order chi connectivity index (χ1) is 20.3. The van der Waals surface area contributed by atoms with E-state index in [0.717, 1.165) is 31.9 Å². The Balaban J connectivity index is 1.10. The Morgan fingerprint density at radius 1 is 1.05 bits per heavy atom. The van der Waals surface area contributed by atoms with Crippen molar-refractivity contribution >= 4 is 40.3 Å². The highest BCUT2D eigenvalue weighted by molar-refractivity contribution is 7.14. The van der Waals surface area contributed by atoms with Crippen molar-refractivity contribution in [3.05, 3.63) is 80.3 Å². The Morgan fingerprint density at radius 3 is 2.62 bits per heavy atom.